The average molecular weight is 741 g/mol. The molecule has 0 bridgehead atoms. The monoisotopic (exact) mass is 740 g/mol. The maximum absolute atomic E-state index is 5.61. The van der Waals surface area contributed by atoms with Crippen LogP contribution < -0.4 is 0 Å². The van der Waals surface area contributed by atoms with E-state index in [4.69, 9.17) is 9.97 Å². The minimum Gasteiger partial charge on any atom is -0.293 e. The second-order valence-corrected chi connectivity index (χ2v) is 16.3. The van der Waals surface area contributed by atoms with E-state index in [1.807, 2.05) is 11.3 Å². The number of benzene rings is 10. The van der Waals surface area contributed by atoms with Crippen molar-refractivity contribution in [3.05, 3.63) is 170 Å². The molecule has 14 aromatic rings. The normalized spacial score (nSPS) is 12.6. The molecule has 4 heterocycles. The van der Waals surface area contributed by atoms with E-state index in [9.17, 15) is 0 Å². The lowest BCUT2D eigenvalue weighted by molar-refractivity contribution is 0.973. The predicted octanol–water partition coefficient (Wildman–Crippen LogP) is 14.2. The summed E-state index contributed by atoms with van der Waals surface area (Å²) in [6, 6.07) is 62.0. The lowest BCUT2D eigenvalue weighted by atomic mass is 9.87. The van der Waals surface area contributed by atoms with Gasteiger partial charge in [-0.25, -0.2) is 4.98 Å². The van der Waals surface area contributed by atoms with Gasteiger partial charge in [0.2, 0.25) is 5.95 Å². The summed E-state index contributed by atoms with van der Waals surface area (Å²) in [6.07, 6.45) is 0. The van der Waals surface area contributed by atoms with Crippen molar-refractivity contribution in [1.29, 1.82) is 0 Å². The first-order valence-electron chi connectivity index (χ1n) is 19.4. The zero-order valence-corrected chi connectivity index (χ0v) is 31.2. The van der Waals surface area contributed by atoms with E-state index in [0.29, 0.717) is 5.95 Å². The zero-order valence-electron chi connectivity index (χ0n) is 30.4. The molecule has 5 heteroatoms. The van der Waals surface area contributed by atoms with E-state index in [-0.39, 0.29) is 0 Å². The van der Waals surface area contributed by atoms with Crippen LogP contribution in [0.1, 0.15) is 0 Å². The Morgan fingerprint density at radius 1 is 0.316 bits per heavy atom. The summed E-state index contributed by atoms with van der Waals surface area (Å²) < 4.78 is 7.28. The number of hydrogen-bond acceptors (Lipinski definition) is 3. The van der Waals surface area contributed by atoms with Crippen LogP contribution in [-0.2, 0) is 0 Å². The SMILES string of the molecule is c1ccc2c(-n3c4ccccc4c4ccccc43)nc(-n3c4ccccc4c4c5cccc6c7cccc8c9c(cc(c(cc43)c65)c78)sc3ccccc39)nc2c1. The molecule has 0 spiro atoms. The first kappa shape index (κ1) is 29.9. The predicted molar refractivity (Wildman–Crippen MR) is 242 cm³/mol. The van der Waals surface area contributed by atoms with Gasteiger partial charge in [-0.05, 0) is 91.6 Å². The molecule has 0 atom stereocenters. The lowest BCUT2D eigenvalue weighted by Crippen LogP contribution is -2.07. The first-order chi connectivity index (χ1) is 28.3. The van der Waals surface area contributed by atoms with Crippen molar-refractivity contribution in [2.75, 3.05) is 0 Å². The number of hydrogen-bond donors (Lipinski definition) is 0. The minimum absolute atomic E-state index is 0.654. The summed E-state index contributed by atoms with van der Waals surface area (Å²) in [6.45, 7) is 0. The molecule has 0 aliphatic carbocycles. The van der Waals surface area contributed by atoms with Crippen LogP contribution in [0.2, 0.25) is 0 Å². The highest BCUT2D eigenvalue weighted by molar-refractivity contribution is 7.26. The Kier molecular flexibility index (Phi) is 5.62. The van der Waals surface area contributed by atoms with E-state index in [1.165, 1.54) is 84.8 Å². The summed E-state index contributed by atoms with van der Waals surface area (Å²) in [4.78, 5) is 11.0. The van der Waals surface area contributed by atoms with Crippen LogP contribution in [-0.4, -0.2) is 19.1 Å². The number of thiophene rings is 1. The molecule has 262 valence electrons. The fourth-order valence-corrected chi connectivity index (χ4v) is 11.4. The molecule has 0 N–H and O–H groups in total. The molecule has 0 amide bonds. The van der Waals surface area contributed by atoms with Crippen LogP contribution in [0.5, 0.6) is 0 Å². The van der Waals surface area contributed by atoms with E-state index >= 15 is 0 Å². The number of aromatic nitrogens is 4. The Morgan fingerprint density at radius 3 is 1.56 bits per heavy atom. The number of rotatable bonds is 2. The first-order valence-corrected chi connectivity index (χ1v) is 20.2. The number of nitrogens with zero attached hydrogens (tertiary/aromatic N) is 4. The van der Waals surface area contributed by atoms with Gasteiger partial charge in [-0.1, -0.05) is 121 Å². The van der Waals surface area contributed by atoms with Crippen LogP contribution >= 0.6 is 11.3 Å². The molecule has 0 fully saturated rings. The summed E-state index contributed by atoms with van der Waals surface area (Å²) in [5, 5.41) is 18.8. The van der Waals surface area contributed by atoms with Crippen molar-refractivity contribution in [2.45, 2.75) is 0 Å². The zero-order chi connectivity index (χ0) is 36.9. The van der Waals surface area contributed by atoms with E-state index in [2.05, 4.69) is 179 Å². The molecule has 4 aromatic heterocycles. The molecule has 57 heavy (non-hydrogen) atoms. The number of fused-ring (bicyclic) bond motifs is 14. The van der Waals surface area contributed by atoms with Crippen molar-refractivity contribution < 1.29 is 0 Å². The van der Waals surface area contributed by atoms with Crippen LogP contribution in [0, 0.1) is 0 Å². The van der Waals surface area contributed by atoms with Crippen molar-refractivity contribution >= 4 is 129 Å². The van der Waals surface area contributed by atoms with Gasteiger partial charge in [-0.2, -0.15) is 4.98 Å². The Balaban J connectivity index is 1.17. The molecule has 14 rings (SSSR count). The maximum atomic E-state index is 5.61. The molecule has 0 saturated heterocycles. The quantitative estimate of drug-likeness (QED) is 0.131. The van der Waals surface area contributed by atoms with Crippen molar-refractivity contribution in [2.24, 2.45) is 0 Å². The smallest absolute Gasteiger partial charge is 0.237 e. The minimum atomic E-state index is 0.654. The second-order valence-electron chi connectivity index (χ2n) is 15.3. The third kappa shape index (κ3) is 3.77. The average Bonchev–Trinajstić information content (AvgIpc) is 3.92. The Morgan fingerprint density at radius 2 is 0.842 bits per heavy atom. The van der Waals surface area contributed by atoms with Gasteiger partial charge in [-0.3, -0.25) is 9.13 Å². The van der Waals surface area contributed by atoms with Crippen molar-refractivity contribution in [1.82, 2.24) is 19.1 Å². The van der Waals surface area contributed by atoms with Crippen LogP contribution in [0.25, 0.3) is 130 Å². The summed E-state index contributed by atoms with van der Waals surface area (Å²) >= 11 is 1.89. The van der Waals surface area contributed by atoms with Gasteiger partial charge in [0.15, 0.2) is 5.82 Å². The van der Waals surface area contributed by atoms with Crippen LogP contribution in [0.4, 0.5) is 0 Å². The van der Waals surface area contributed by atoms with Crippen LogP contribution in [0.3, 0.4) is 0 Å². The second kappa shape index (κ2) is 10.7. The molecular formula is C52H28N4S. The third-order valence-corrected chi connectivity index (χ3v) is 13.6. The number of para-hydroxylation sites is 4. The molecule has 10 aromatic carbocycles. The maximum Gasteiger partial charge on any atom is 0.237 e. The molecule has 0 aliphatic heterocycles. The Bertz CT molecular complexity index is 4000. The fraction of sp³-hybridized carbons (Fsp3) is 0. The van der Waals surface area contributed by atoms with Crippen molar-refractivity contribution in [3.63, 3.8) is 0 Å². The summed E-state index contributed by atoms with van der Waals surface area (Å²) in [7, 11) is 0. The van der Waals surface area contributed by atoms with Gasteiger partial charge in [0.1, 0.15) is 0 Å². The van der Waals surface area contributed by atoms with Gasteiger partial charge in [0, 0.05) is 47.1 Å². The summed E-state index contributed by atoms with van der Waals surface area (Å²) in [5.41, 5.74) is 5.33. The van der Waals surface area contributed by atoms with Crippen LogP contribution in [0.15, 0.2) is 170 Å². The molecular weight excluding hydrogens is 713 g/mol. The fourth-order valence-electron chi connectivity index (χ4n) is 10.2. The third-order valence-electron chi connectivity index (χ3n) is 12.4. The lowest BCUT2D eigenvalue weighted by Gasteiger charge is -2.17. The van der Waals surface area contributed by atoms with Gasteiger partial charge >= 0.3 is 0 Å². The van der Waals surface area contributed by atoms with Gasteiger partial charge in [-0.15, -0.1) is 11.3 Å². The Hall–Kier alpha value is -7.34. The van der Waals surface area contributed by atoms with E-state index in [0.717, 1.165) is 38.8 Å². The van der Waals surface area contributed by atoms with Gasteiger partial charge in [0.25, 0.3) is 0 Å². The highest BCUT2D eigenvalue weighted by atomic mass is 32.1. The van der Waals surface area contributed by atoms with Crippen molar-refractivity contribution in [3.8, 4) is 11.8 Å². The van der Waals surface area contributed by atoms with Gasteiger partial charge in [0.05, 0.1) is 27.6 Å². The highest BCUT2D eigenvalue weighted by Crippen LogP contribution is 2.49. The molecule has 0 unspecified atom stereocenters. The molecule has 0 aliphatic rings. The topological polar surface area (TPSA) is 35.6 Å². The molecule has 0 saturated carbocycles. The standard InChI is InChI=1S/C52H28N4S/c1-6-22-40-33(15-1)51(55-41-23-7-2-13-29(41)30-14-3-8-24-42(30)55)54-52(53-40)56-43-25-9-4-16-34(43)49-36-20-11-18-31-32-19-12-21-37-48(32)39(38(47(31)36)27-44(49)56)28-46-50(37)35-17-5-10-26-45(35)57-46/h1-28H. The molecule has 0 radical (unpaired) electrons. The van der Waals surface area contributed by atoms with Gasteiger partial charge < -0.3 is 0 Å². The van der Waals surface area contributed by atoms with E-state index in [1.54, 1.807) is 0 Å². The Labute approximate surface area is 328 Å². The highest BCUT2D eigenvalue weighted by Gasteiger charge is 2.24. The van der Waals surface area contributed by atoms with E-state index < -0.39 is 0 Å². The molecule has 4 nitrogen and oxygen atoms in total. The summed E-state index contributed by atoms with van der Waals surface area (Å²) in [5.74, 6) is 1.52. The largest absolute Gasteiger partial charge is 0.293 e.